The molecule has 6 amide bonds. The summed E-state index contributed by atoms with van der Waals surface area (Å²) in [4.78, 5) is 91.5. The van der Waals surface area contributed by atoms with Crippen LogP contribution in [0.2, 0.25) is 0 Å². The number of rotatable bonds is 17. The van der Waals surface area contributed by atoms with Crippen molar-refractivity contribution in [1.82, 2.24) is 42.5 Å². The minimum Gasteiger partial charge on any atom is -0.461 e. The van der Waals surface area contributed by atoms with Gasteiger partial charge < -0.3 is 138 Å². The molecule has 25 atom stereocenters. The summed E-state index contributed by atoms with van der Waals surface area (Å²) in [5.41, 5.74) is 12.9. The fourth-order valence-corrected chi connectivity index (χ4v) is 12.0. The number of nitrogens with two attached hydrogens (primary N) is 2. The molecule has 0 saturated carbocycles. The topological polar surface area (TPSA) is 595 Å². The third-order valence-corrected chi connectivity index (χ3v) is 17.5. The van der Waals surface area contributed by atoms with Crippen molar-refractivity contribution in [2.24, 2.45) is 16.5 Å². The highest BCUT2D eigenvalue weighted by atomic mass is 127. The Morgan fingerprint density at radius 1 is 0.609 bits per heavy atom. The molecule has 26 N–H and O–H groups in total. The molecule has 2 aromatic carbocycles. The number of nitrogens with one attached hydrogen (secondary N) is 8. The van der Waals surface area contributed by atoms with Gasteiger partial charge in [0.2, 0.25) is 48.0 Å². The number of hydrogen-bond donors (Lipinski definition) is 24. The second kappa shape index (κ2) is 31.2. The second-order valence-corrected chi connectivity index (χ2v) is 23.9. The molecule has 0 spiro atoms. The number of ether oxygens (including phenoxy) is 5. The van der Waals surface area contributed by atoms with Gasteiger partial charge in [-0.25, -0.2) is 9.57 Å². The third-order valence-electron chi connectivity index (χ3n) is 16.6. The maximum absolute atomic E-state index is 15.2. The van der Waals surface area contributed by atoms with E-state index in [1.165, 1.54) is 18.2 Å². The first-order chi connectivity index (χ1) is 43.7. The lowest BCUT2D eigenvalue weighted by molar-refractivity contribution is -0.663. The quantitative estimate of drug-likeness (QED) is 0.0516. The Hall–Kier alpha value is -6.39. The van der Waals surface area contributed by atoms with Gasteiger partial charge in [0.1, 0.15) is 134 Å². The highest BCUT2D eigenvalue weighted by molar-refractivity contribution is 14.1. The van der Waals surface area contributed by atoms with Gasteiger partial charge in [-0.15, -0.1) is 0 Å². The number of aliphatic hydroxyl groups excluding tert-OH is 14. The Labute approximate surface area is 536 Å². The Bertz CT molecular complexity index is 3000. The van der Waals surface area contributed by atoms with Crippen molar-refractivity contribution >= 4 is 70.0 Å². The van der Waals surface area contributed by atoms with Gasteiger partial charge >= 0.3 is 5.96 Å². The van der Waals surface area contributed by atoms with E-state index in [2.05, 4.69) is 47.5 Å². The number of aliphatic imine (C=N–C) groups is 1. The van der Waals surface area contributed by atoms with Gasteiger partial charge in [0.05, 0.1) is 42.6 Å². The van der Waals surface area contributed by atoms with Crippen molar-refractivity contribution in [3.8, 4) is 5.75 Å². The number of amides is 6. The minimum absolute atomic E-state index is 0.0402. The number of carbonyl (C=O) groups is 6. The summed E-state index contributed by atoms with van der Waals surface area (Å²) in [6, 6.07) is -0.371. The minimum atomic E-state index is -2.33. The molecule has 6 aliphatic rings. The molecule has 0 aliphatic carbocycles. The Balaban J connectivity index is 1.12. The van der Waals surface area contributed by atoms with E-state index < -0.39 is 234 Å². The van der Waals surface area contributed by atoms with Gasteiger partial charge in [-0.1, -0.05) is 43.3 Å². The molecule has 0 aromatic heterocycles. The Morgan fingerprint density at radius 2 is 1.20 bits per heavy atom. The molecule has 0 bridgehead atoms. The van der Waals surface area contributed by atoms with Crippen LogP contribution < -0.4 is 58.7 Å². The van der Waals surface area contributed by atoms with Crippen molar-refractivity contribution < 1.29 is 129 Å². The summed E-state index contributed by atoms with van der Waals surface area (Å²) in [5.74, 6) is -8.82. The maximum atomic E-state index is 15.2. The van der Waals surface area contributed by atoms with Crippen molar-refractivity contribution in [2.45, 2.75) is 166 Å². The van der Waals surface area contributed by atoms with Crippen molar-refractivity contribution in [2.75, 3.05) is 46.1 Å². The van der Waals surface area contributed by atoms with Gasteiger partial charge in [-0.3, -0.25) is 39.8 Å². The molecule has 4 saturated heterocycles. The van der Waals surface area contributed by atoms with Crippen LogP contribution in [0.3, 0.4) is 0 Å². The molecule has 92 heavy (non-hydrogen) atoms. The highest BCUT2D eigenvalue weighted by Crippen LogP contribution is 2.33. The van der Waals surface area contributed by atoms with Crippen LogP contribution >= 0.6 is 22.6 Å². The van der Waals surface area contributed by atoms with Gasteiger partial charge in [-0.05, 0) is 45.9 Å². The van der Waals surface area contributed by atoms with Gasteiger partial charge in [0, 0.05) is 18.9 Å². The maximum Gasteiger partial charge on any atom is 0.346 e. The van der Waals surface area contributed by atoms with Crippen LogP contribution in [0.25, 0.3) is 0 Å². The van der Waals surface area contributed by atoms with E-state index >= 15 is 9.59 Å². The van der Waals surface area contributed by atoms with E-state index in [0.29, 0.717) is 5.56 Å². The second-order valence-electron chi connectivity index (χ2n) is 22.7. The first-order valence-corrected chi connectivity index (χ1v) is 30.2. The first kappa shape index (κ1) is 71.5. The third kappa shape index (κ3) is 15.9. The van der Waals surface area contributed by atoms with Crippen LogP contribution in [0, 0.1) is 3.57 Å². The monoisotopic (exact) mass is 1420 g/mol. The van der Waals surface area contributed by atoms with E-state index in [-0.39, 0.29) is 33.3 Å². The lowest BCUT2D eigenvalue weighted by atomic mass is 9.92. The molecule has 6 heterocycles. The summed E-state index contributed by atoms with van der Waals surface area (Å²) in [7, 11) is 0. The number of halogens is 1. The number of carbonyl (C=O) groups excluding carboxylic acids is 6. The Kier molecular flexibility index (Phi) is 24.3. The van der Waals surface area contributed by atoms with E-state index in [9.17, 15) is 90.7 Å². The van der Waals surface area contributed by atoms with Crippen LogP contribution in [-0.2, 0) is 54.1 Å². The van der Waals surface area contributed by atoms with Crippen LogP contribution in [0.15, 0.2) is 53.5 Å². The van der Waals surface area contributed by atoms with Crippen LogP contribution in [0.1, 0.15) is 24.0 Å². The lowest BCUT2D eigenvalue weighted by Crippen LogP contribution is -2.68. The molecular formula is C54H78IN12O25+. The highest BCUT2D eigenvalue weighted by Gasteiger charge is 2.55. The molecule has 37 nitrogen and oxygen atoms in total. The average Bonchev–Trinajstić information content (AvgIpc) is 1.43. The molecule has 2 aromatic rings. The smallest absolute Gasteiger partial charge is 0.346 e. The van der Waals surface area contributed by atoms with E-state index in [0.717, 1.165) is 4.58 Å². The molecule has 4 fully saturated rings. The SMILES string of the molecule is C[C@H](c1ccccc1)[C@H]1NC(=O)CNC(=O)C(CO)NC(=O)[C@@H]([C@H](O)[C@@H]2CNC(N)=[N+]2[C@@H]2O[C@@H](CO)[C@H](O)[C@H](O)[C@@H]2O)NC(=O)[C@H]([C@H](O)[C@@H]2CNC(N)=N2)NC(=O)[C@@H](Cc2ccc(O[C@H]3O[C@H](CO)[C@@H](O[C@@H]4O[C@@H](CO)[C@H](O)[C@H](O)[C@@H]4O)[C@@H](O)[C@H]3O)c(I)c2)NC1=O. The lowest BCUT2D eigenvalue weighted by Gasteiger charge is -2.45. The zero-order valence-corrected chi connectivity index (χ0v) is 51.0. The molecular weight excluding hydrogens is 1340 g/mol. The predicted octanol–water partition coefficient (Wildman–Crippen LogP) is -13.7. The standard InChI is InChI=1S/C54H77IN12O25/c1-18(20-5-3-2-4-6-20)31-47(85)61-22(10-19-7-8-26(21(55)9-19)89-51-43(82)40(79)44(29(17-71)91-51)92-52-42(81)39(78)37(76)28(16-70)90-52)46(84)65-32(34(73)23-11-59-53(56)63-23)49(87)66-33(48(86)62-24(14-68)45(83)58-13-30(72)64-31)35(74)25-12-60-54(57)67(25)50-41(80)38(77)36(75)27(15-69)88-50/h2-9,18,22-25,27-29,31-44,50-52,68-71,73-82H,10-17H2,1H3,(H11,56,57,58,59,60,61,62,63,64,65,66,72,83,84,85,86,87)/p+1/t18-,22-,23+,24?,25+,27+,28+,29-,31-,32+,33-,34-,35-,36+,37+,38+,39+,40+,41+,42+,43-,44-,50-,51+,52+/m1/s1. The van der Waals surface area contributed by atoms with E-state index in [1.54, 1.807) is 59.8 Å². The average molecular weight is 1420 g/mol. The van der Waals surface area contributed by atoms with E-state index in [1.807, 2.05) is 0 Å². The normalized spacial score (nSPS) is 37.3. The van der Waals surface area contributed by atoms with Gasteiger partial charge in [-0.2, -0.15) is 0 Å². The predicted molar refractivity (Wildman–Crippen MR) is 315 cm³/mol. The van der Waals surface area contributed by atoms with Gasteiger partial charge in [0.25, 0.3) is 0 Å². The molecule has 0 radical (unpaired) electrons. The number of hydrogen-bond acceptors (Lipinski definition) is 30. The molecule has 6 aliphatic heterocycles. The summed E-state index contributed by atoms with van der Waals surface area (Å²) in [5, 5.41) is 171. The van der Waals surface area contributed by atoms with Crippen LogP contribution in [-0.4, -0.2) is 316 Å². The van der Waals surface area contributed by atoms with Crippen molar-refractivity contribution in [3.05, 3.63) is 63.2 Å². The molecule has 8 rings (SSSR count). The van der Waals surface area contributed by atoms with Crippen LogP contribution in [0.4, 0.5) is 0 Å². The summed E-state index contributed by atoms with van der Waals surface area (Å²) in [6.07, 6.45) is -31.7. The summed E-state index contributed by atoms with van der Waals surface area (Å²) < 4.78 is 29.7. The number of aliphatic hydroxyl groups is 14. The summed E-state index contributed by atoms with van der Waals surface area (Å²) in [6.45, 7) is -3.76. The molecule has 1 unspecified atom stereocenters. The zero-order valence-electron chi connectivity index (χ0n) is 48.9. The molecule has 38 heteroatoms. The Morgan fingerprint density at radius 3 is 1.83 bits per heavy atom. The number of guanidine groups is 2. The number of nitrogens with zero attached hydrogens (tertiary/aromatic N) is 2. The largest absolute Gasteiger partial charge is 0.461 e. The summed E-state index contributed by atoms with van der Waals surface area (Å²) >= 11 is 1.81. The van der Waals surface area contributed by atoms with Gasteiger partial charge in [0.15, 0.2) is 12.2 Å². The fraction of sp³-hybridized carbons (Fsp3) is 0.630. The van der Waals surface area contributed by atoms with E-state index in [4.69, 9.17) is 35.2 Å². The zero-order chi connectivity index (χ0) is 67.2. The van der Waals surface area contributed by atoms with Crippen molar-refractivity contribution in [1.29, 1.82) is 0 Å². The number of benzene rings is 2. The molecule has 510 valence electrons. The van der Waals surface area contributed by atoms with Crippen molar-refractivity contribution in [3.63, 3.8) is 0 Å². The van der Waals surface area contributed by atoms with Crippen LogP contribution in [0.5, 0.6) is 5.75 Å². The fourth-order valence-electron chi connectivity index (χ4n) is 11.3. The first-order valence-electron chi connectivity index (χ1n) is 29.1.